The Morgan fingerprint density at radius 1 is 1.12 bits per heavy atom. The minimum Gasteiger partial charge on any atom is -0.392 e. The minimum absolute atomic E-state index is 0.135. The Morgan fingerprint density at radius 2 is 1.88 bits per heavy atom. The van der Waals surface area contributed by atoms with Crippen LogP contribution in [0.2, 0.25) is 0 Å². The molecular weight excluding hydrogens is 198 g/mol. The molecule has 0 bridgehead atoms. The summed E-state index contributed by atoms with van der Waals surface area (Å²) in [6, 6.07) is 10.8. The normalized spacial score (nSPS) is 25.6. The molecule has 1 saturated carbocycles. The number of aliphatic hydroxyl groups excluding tert-OH is 1. The Bertz CT molecular complexity index is 299. The van der Waals surface area contributed by atoms with Crippen molar-refractivity contribution in [2.24, 2.45) is 0 Å². The lowest BCUT2D eigenvalue weighted by Gasteiger charge is -2.28. The van der Waals surface area contributed by atoms with Crippen molar-refractivity contribution in [1.82, 2.24) is 5.32 Å². The summed E-state index contributed by atoms with van der Waals surface area (Å²) in [5.41, 5.74) is 1.36. The van der Waals surface area contributed by atoms with Crippen molar-refractivity contribution in [2.45, 2.75) is 44.2 Å². The monoisotopic (exact) mass is 219 g/mol. The molecule has 1 aromatic rings. The first-order chi connectivity index (χ1) is 7.86. The molecule has 1 fully saturated rings. The summed E-state index contributed by atoms with van der Waals surface area (Å²) in [6.45, 7) is 0.964. The molecule has 0 unspecified atom stereocenters. The molecule has 2 atom stereocenters. The van der Waals surface area contributed by atoms with Crippen LogP contribution in [0.4, 0.5) is 0 Å². The third kappa shape index (κ3) is 3.32. The SMILES string of the molecule is O[C@H]1CCCC[C@H]1NCCc1ccccc1. The zero-order chi connectivity index (χ0) is 11.2. The predicted octanol–water partition coefficient (Wildman–Crippen LogP) is 2.12. The van der Waals surface area contributed by atoms with Crippen molar-refractivity contribution in [1.29, 1.82) is 0 Å². The van der Waals surface area contributed by atoms with Gasteiger partial charge in [-0.15, -0.1) is 0 Å². The van der Waals surface area contributed by atoms with Crippen LogP contribution in [0.15, 0.2) is 30.3 Å². The molecule has 2 rings (SSSR count). The van der Waals surface area contributed by atoms with Crippen LogP contribution in [-0.2, 0) is 6.42 Å². The highest BCUT2D eigenvalue weighted by Crippen LogP contribution is 2.18. The van der Waals surface area contributed by atoms with Crippen LogP contribution in [0.5, 0.6) is 0 Å². The molecule has 1 aliphatic carbocycles. The van der Waals surface area contributed by atoms with E-state index in [2.05, 4.69) is 29.6 Å². The van der Waals surface area contributed by atoms with E-state index in [0.29, 0.717) is 6.04 Å². The van der Waals surface area contributed by atoms with Crippen LogP contribution >= 0.6 is 0 Å². The number of nitrogens with one attached hydrogen (secondary N) is 1. The topological polar surface area (TPSA) is 32.3 Å². The Balaban J connectivity index is 1.71. The van der Waals surface area contributed by atoms with E-state index in [1.165, 1.54) is 18.4 Å². The Morgan fingerprint density at radius 3 is 2.62 bits per heavy atom. The summed E-state index contributed by atoms with van der Waals surface area (Å²) in [5.74, 6) is 0. The maximum atomic E-state index is 9.80. The van der Waals surface area contributed by atoms with Crippen molar-refractivity contribution >= 4 is 0 Å². The van der Waals surface area contributed by atoms with Crippen LogP contribution in [0, 0.1) is 0 Å². The van der Waals surface area contributed by atoms with Gasteiger partial charge in [0.25, 0.3) is 0 Å². The molecule has 88 valence electrons. The standard InChI is InChI=1S/C14H21NO/c16-14-9-5-4-8-13(14)15-11-10-12-6-2-1-3-7-12/h1-3,6-7,13-16H,4-5,8-11H2/t13-,14+/m1/s1. The molecule has 0 radical (unpaired) electrons. The molecule has 0 spiro atoms. The molecule has 2 heteroatoms. The predicted molar refractivity (Wildman–Crippen MR) is 66.4 cm³/mol. The second-order valence-corrected chi connectivity index (χ2v) is 4.65. The Kier molecular flexibility index (Phi) is 4.37. The highest BCUT2D eigenvalue weighted by Gasteiger charge is 2.21. The van der Waals surface area contributed by atoms with Gasteiger partial charge in [-0.3, -0.25) is 0 Å². The van der Waals surface area contributed by atoms with Crippen molar-refractivity contribution in [3.05, 3.63) is 35.9 Å². The van der Waals surface area contributed by atoms with E-state index in [0.717, 1.165) is 25.8 Å². The summed E-state index contributed by atoms with van der Waals surface area (Å²) in [7, 11) is 0. The molecule has 0 aliphatic heterocycles. The molecule has 1 aromatic carbocycles. The van der Waals surface area contributed by atoms with E-state index in [1.807, 2.05) is 6.07 Å². The van der Waals surface area contributed by atoms with Gasteiger partial charge in [-0.2, -0.15) is 0 Å². The van der Waals surface area contributed by atoms with Crippen molar-refractivity contribution in [3.63, 3.8) is 0 Å². The molecule has 0 aromatic heterocycles. The molecule has 0 saturated heterocycles. The van der Waals surface area contributed by atoms with Crippen LogP contribution in [0.3, 0.4) is 0 Å². The maximum Gasteiger partial charge on any atom is 0.0693 e. The molecule has 0 amide bonds. The number of aliphatic hydroxyl groups is 1. The fourth-order valence-electron chi connectivity index (χ4n) is 2.40. The van der Waals surface area contributed by atoms with Gasteiger partial charge in [-0.25, -0.2) is 0 Å². The first-order valence-corrected chi connectivity index (χ1v) is 6.31. The first kappa shape index (κ1) is 11.6. The van der Waals surface area contributed by atoms with Gasteiger partial charge in [0.05, 0.1) is 6.10 Å². The second kappa shape index (κ2) is 6.02. The van der Waals surface area contributed by atoms with Crippen molar-refractivity contribution in [3.8, 4) is 0 Å². The van der Waals surface area contributed by atoms with E-state index in [4.69, 9.17) is 0 Å². The Labute approximate surface area is 97.7 Å². The van der Waals surface area contributed by atoms with E-state index in [-0.39, 0.29) is 6.10 Å². The van der Waals surface area contributed by atoms with E-state index >= 15 is 0 Å². The van der Waals surface area contributed by atoms with Gasteiger partial charge in [-0.05, 0) is 31.4 Å². The van der Waals surface area contributed by atoms with Gasteiger partial charge in [0.1, 0.15) is 0 Å². The molecule has 1 aliphatic rings. The van der Waals surface area contributed by atoms with Gasteiger partial charge in [0.15, 0.2) is 0 Å². The van der Waals surface area contributed by atoms with Crippen molar-refractivity contribution in [2.75, 3.05) is 6.54 Å². The van der Waals surface area contributed by atoms with Gasteiger partial charge in [0, 0.05) is 6.04 Å². The highest BCUT2D eigenvalue weighted by molar-refractivity contribution is 5.14. The maximum absolute atomic E-state index is 9.80. The summed E-state index contributed by atoms with van der Waals surface area (Å²) in [4.78, 5) is 0. The zero-order valence-electron chi connectivity index (χ0n) is 9.73. The van der Waals surface area contributed by atoms with E-state index < -0.39 is 0 Å². The third-order valence-electron chi connectivity index (χ3n) is 3.39. The molecule has 0 heterocycles. The largest absolute Gasteiger partial charge is 0.392 e. The van der Waals surface area contributed by atoms with Gasteiger partial charge in [-0.1, -0.05) is 43.2 Å². The lowest BCUT2D eigenvalue weighted by atomic mass is 9.92. The highest BCUT2D eigenvalue weighted by atomic mass is 16.3. The summed E-state index contributed by atoms with van der Waals surface area (Å²) in [5, 5.41) is 13.3. The van der Waals surface area contributed by atoms with E-state index in [9.17, 15) is 5.11 Å². The fraction of sp³-hybridized carbons (Fsp3) is 0.571. The molecule has 16 heavy (non-hydrogen) atoms. The van der Waals surface area contributed by atoms with Gasteiger partial charge < -0.3 is 10.4 Å². The lowest BCUT2D eigenvalue weighted by Crippen LogP contribution is -2.42. The van der Waals surface area contributed by atoms with Gasteiger partial charge >= 0.3 is 0 Å². The summed E-state index contributed by atoms with van der Waals surface area (Å²) < 4.78 is 0. The molecule has 2 nitrogen and oxygen atoms in total. The quantitative estimate of drug-likeness (QED) is 0.813. The van der Waals surface area contributed by atoms with Crippen LogP contribution in [0.25, 0.3) is 0 Å². The van der Waals surface area contributed by atoms with E-state index in [1.54, 1.807) is 0 Å². The molecular formula is C14H21NO. The fourth-order valence-corrected chi connectivity index (χ4v) is 2.40. The zero-order valence-corrected chi connectivity index (χ0v) is 9.73. The number of rotatable bonds is 4. The summed E-state index contributed by atoms with van der Waals surface area (Å²) >= 11 is 0. The van der Waals surface area contributed by atoms with Crippen LogP contribution < -0.4 is 5.32 Å². The Hall–Kier alpha value is -0.860. The number of hydrogen-bond donors (Lipinski definition) is 2. The minimum atomic E-state index is -0.135. The number of hydrogen-bond acceptors (Lipinski definition) is 2. The lowest BCUT2D eigenvalue weighted by molar-refractivity contribution is 0.0914. The third-order valence-corrected chi connectivity index (χ3v) is 3.39. The average molecular weight is 219 g/mol. The first-order valence-electron chi connectivity index (χ1n) is 6.31. The number of benzene rings is 1. The van der Waals surface area contributed by atoms with Crippen LogP contribution in [0.1, 0.15) is 31.2 Å². The smallest absolute Gasteiger partial charge is 0.0693 e. The van der Waals surface area contributed by atoms with Gasteiger partial charge in [0.2, 0.25) is 0 Å². The molecule has 2 N–H and O–H groups in total. The summed E-state index contributed by atoms with van der Waals surface area (Å²) in [6.07, 6.45) is 5.42. The van der Waals surface area contributed by atoms with Crippen LogP contribution in [-0.4, -0.2) is 23.8 Å². The van der Waals surface area contributed by atoms with Crippen molar-refractivity contribution < 1.29 is 5.11 Å². The average Bonchev–Trinajstić information content (AvgIpc) is 2.33. The second-order valence-electron chi connectivity index (χ2n) is 4.65.